The van der Waals surface area contributed by atoms with Crippen molar-refractivity contribution in [3.05, 3.63) is 95.1 Å². The van der Waals surface area contributed by atoms with Crippen LogP contribution < -0.4 is 5.32 Å². The molecule has 0 bridgehead atoms. The Bertz CT molecular complexity index is 1410. The van der Waals surface area contributed by atoms with E-state index < -0.39 is 9.84 Å². The Morgan fingerprint density at radius 1 is 1.02 bits per heavy atom. The number of nitrogens with one attached hydrogen (secondary N) is 1. The van der Waals surface area contributed by atoms with E-state index in [4.69, 9.17) is 9.47 Å². The molecule has 1 amide bonds. The number of ether oxygens (including phenoxy) is 2. The SMILES string of the molecule is COC1CC(COCc2ccccc2)N(Cc2ccc(C(=O)NC(C)CCS(C)(=O)=O)c(-c3ccccc3C)c2)C1. The van der Waals surface area contributed by atoms with E-state index >= 15 is 0 Å². The number of carbonyl (C=O) groups excluding carboxylic acids is 1. The Balaban J connectivity index is 1.52. The molecule has 0 spiro atoms. The van der Waals surface area contributed by atoms with E-state index in [-0.39, 0.29) is 29.8 Å². The van der Waals surface area contributed by atoms with E-state index in [0.29, 0.717) is 31.7 Å². The Hall–Kier alpha value is -3.04. The summed E-state index contributed by atoms with van der Waals surface area (Å²) in [5.41, 5.74) is 5.79. The summed E-state index contributed by atoms with van der Waals surface area (Å²) in [7, 11) is -1.34. The highest BCUT2D eigenvalue weighted by Crippen LogP contribution is 2.30. The lowest BCUT2D eigenvalue weighted by molar-refractivity contribution is 0.0643. The Morgan fingerprint density at radius 2 is 1.76 bits per heavy atom. The number of sulfone groups is 1. The van der Waals surface area contributed by atoms with Crippen molar-refractivity contribution < 1.29 is 22.7 Å². The number of aryl methyl sites for hydroxylation is 1. The molecule has 1 saturated heterocycles. The molecule has 220 valence electrons. The first-order valence-electron chi connectivity index (χ1n) is 14.2. The number of likely N-dealkylation sites (tertiary alicyclic amines) is 1. The highest BCUT2D eigenvalue weighted by molar-refractivity contribution is 7.90. The van der Waals surface area contributed by atoms with Crippen LogP contribution in [-0.4, -0.2) is 69.7 Å². The van der Waals surface area contributed by atoms with Crippen LogP contribution in [-0.2, 0) is 32.5 Å². The monoisotopic (exact) mass is 578 g/mol. The van der Waals surface area contributed by atoms with Gasteiger partial charge < -0.3 is 14.8 Å². The van der Waals surface area contributed by atoms with Crippen molar-refractivity contribution in [2.75, 3.05) is 32.3 Å². The quantitative estimate of drug-likeness (QED) is 0.307. The molecule has 3 atom stereocenters. The zero-order chi connectivity index (χ0) is 29.4. The first-order chi connectivity index (χ1) is 19.6. The number of hydrogen-bond donors (Lipinski definition) is 1. The highest BCUT2D eigenvalue weighted by atomic mass is 32.2. The number of benzene rings is 3. The van der Waals surface area contributed by atoms with Gasteiger partial charge in [0.15, 0.2) is 0 Å². The molecule has 4 rings (SSSR count). The van der Waals surface area contributed by atoms with Gasteiger partial charge in [0.05, 0.1) is 25.1 Å². The maximum atomic E-state index is 13.4. The third-order valence-corrected chi connectivity index (χ3v) is 8.67. The van der Waals surface area contributed by atoms with Gasteiger partial charge in [0.2, 0.25) is 0 Å². The van der Waals surface area contributed by atoms with Gasteiger partial charge in [-0.2, -0.15) is 0 Å². The minimum absolute atomic E-state index is 0.0343. The maximum absolute atomic E-state index is 13.4. The second kappa shape index (κ2) is 14.2. The third kappa shape index (κ3) is 8.97. The second-order valence-corrected chi connectivity index (χ2v) is 13.4. The van der Waals surface area contributed by atoms with Gasteiger partial charge in [0, 0.05) is 44.1 Å². The minimum Gasteiger partial charge on any atom is -0.380 e. The van der Waals surface area contributed by atoms with Crippen molar-refractivity contribution >= 4 is 15.7 Å². The molecule has 0 radical (unpaired) electrons. The molecule has 1 aliphatic heterocycles. The van der Waals surface area contributed by atoms with Crippen molar-refractivity contribution in [2.45, 2.75) is 58.0 Å². The zero-order valence-electron chi connectivity index (χ0n) is 24.5. The van der Waals surface area contributed by atoms with Gasteiger partial charge in [-0.05, 0) is 66.6 Å². The van der Waals surface area contributed by atoms with E-state index in [1.54, 1.807) is 7.11 Å². The molecule has 0 aromatic heterocycles. The molecule has 8 heteroatoms. The fraction of sp³-hybridized carbons (Fsp3) is 0.424. The van der Waals surface area contributed by atoms with Crippen LogP contribution in [0.1, 0.15) is 46.8 Å². The average molecular weight is 579 g/mol. The fourth-order valence-electron chi connectivity index (χ4n) is 5.35. The molecule has 3 aromatic rings. The van der Waals surface area contributed by atoms with Crippen molar-refractivity contribution in [3.63, 3.8) is 0 Å². The van der Waals surface area contributed by atoms with Crippen LogP contribution in [0.3, 0.4) is 0 Å². The summed E-state index contributed by atoms with van der Waals surface area (Å²) in [6.45, 7) is 6.60. The molecule has 3 aromatic carbocycles. The molecule has 1 fully saturated rings. The summed E-state index contributed by atoms with van der Waals surface area (Å²) < 4.78 is 35.0. The molecule has 1 N–H and O–H groups in total. The first-order valence-corrected chi connectivity index (χ1v) is 16.2. The van der Waals surface area contributed by atoms with Crippen molar-refractivity contribution in [3.8, 4) is 11.1 Å². The molecule has 3 unspecified atom stereocenters. The van der Waals surface area contributed by atoms with Gasteiger partial charge in [-0.25, -0.2) is 8.42 Å². The standard InChI is InChI=1S/C33H42N2O5S/c1-24-10-8-9-13-30(24)32-18-27(14-15-31(32)33(36)34-25(2)16-17-41(4,37)38)20-35-21-29(39-3)19-28(35)23-40-22-26-11-6-5-7-12-26/h5-15,18,25,28-29H,16-17,19-23H2,1-4H3,(H,34,36). The molecule has 1 heterocycles. The lowest BCUT2D eigenvalue weighted by atomic mass is 9.93. The summed E-state index contributed by atoms with van der Waals surface area (Å²) in [6, 6.07) is 24.2. The molecular formula is C33H42N2O5S. The van der Waals surface area contributed by atoms with Crippen LogP contribution in [0.25, 0.3) is 11.1 Å². The predicted octanol–water partition coefficient (Wildman–Crippen LogP) is 5.02. The van der Waals surface area contributed by atoms with Crippen LogP contribution in [0.4, 0.5) is 0 Å². The molecule has 7 nitrogen and oxygen atoms in total. The predicted molar refractivity (Wildman–Crippen MR) is 164 cm³/mol. The minimum atomic E-state index is -3.10. The van der Waals surface area contributed by atoms with E-state index in [1.807, 2.05) is 68.4 Å². The maximum Gasteiger partial charge on any atom is 0.252 e. The molecule has 0 saturated carbocycles. The topological polar surface area (TPSA) is 84.9 Å². The summed E-state index contributed by atoms with van der Waals surface area (Å²) in [6.07, 6.45) is 2.63. The van der Waals surface area contributed by atoms with Crippen LogP contribution >= 0.6 is 0 Å². The number of rotatable bonds is 13. The Morgan fingerprint density at radius 3 is 2.46 bits per heavy atom. The largest absolute Gasteiger partial charge is 0.380 e. The smallest absolute Gasteiger partial charge is 0.252 e. The lowest BCUT2D eigenvalue weighted by Crippen LogP contribution is -2.34. The van der Waals surface area contributed by atoms with Gasteiger partial charge in [-0.3, -0.25) is 9.69 Å². The number of methoxy groups -OCH3 is 1. The Kier molecular flexibility index (Phi) is 10.7. The van der Waals surface area contributed by atoms with Gasteiger partial charge in [-0.1, -0.05) is 60.7 Å². The molecule has 0 aliphatic carbocycles. The molecule has 41 heavy (non-hydrogen) atoms. The average Bonchev–Trinajstić information content (AvgIpc) is 3.33. The summed E-state index contributed by atoms with van der Waals surface area (Å²) >= 11 is 0. The van der Waals surface area contributed by atoms with Crippen molar-refractivity contribution in [1.29, 1.82) is 0 Å². The van der Waals surface area contributed by atoms with E-state index in [0.717, 1.165) is 40.8 Å². The Labute approximate surface area is 244 Å². The highest BCUT2D eigenvalue weighted by Gasteiger charge is 2.32. The summed E-state index contributed by atoms with van der Waals surface area (Å²) in [4.78, 5) is 15.8. The van der Waals surface area contributed by atoms with Gasteiger partial charge in [-0.15, -0.1) is 0 Å². The number of carbonyl (C=O) groups is 1. The van der Waals surface area contributed by atoms with Gasteiger partial charge in [0.25, 0.3) is 5.91 Å². The third-order valence-electron chi connectivity index (χ3n) is 7.69. The summed E-state index contributed by atoms with van der Waals surface area (Å²) in [5.74, 6) is -0.171. The number of amides is 1. The first kappa shape index (κ1) is 30.9. The number of nitrogens with zero attached hydrogens (tertiary/aromatic N) is 1. The zero-order valence-corrected chi connectivity index (χ0v) is 25.3. The van der Waals surface area contributed by atoms with Crippen molar-refractivity contribution in [2.24, 2.45) is 0 Å². The van der Waals surface area contributed by atoms with Crippen LogP contribution in [0.2, 0.25) is 0 Å². The lowest BCUT2D eigenvalue weighted by Gasteiger charge is -2.25. The number of hydrogen-bond acceptors (Lipinski definition) is 6. The van der Waals surface area contributed by atoms with Crippen LogP contribution in [0, 0.1) is 6.92 Å². The molecular weight excluding hydrogens is 536 g/mol. The second-order valence-electron chi connectivity index (χ2n) is 11.2. The summed E-state index contributed by atoms with van der Waals surface area (Å²) in [5, 5.41) is 3.00. The van der Waals surface area contributed by atoms with Gasteiger partial charge >= 0.3 is 0 Å². The van der Waals surface area contributed by atoms with E-state index in [1.165, 1.54) is 6.26 Å². The fourth-order valence-corrected chi connectivity index (χ4v) is 6.13. The van der Waals surface area contributed by atoms with Crippen LogP contribution in [0.5, 0.6) is 0 Å². The van der Waals surface area contributed by atoms with E-state index in [9.17, 15) is 13.2 Å². The molecule has 1 aliphatic rings. The van der Waals surface area contributed by atoms with Gasteiger partial charge in [0.1, 0.15) is 9.84 Å². The van der Waals surface area contributed by atoms with Crippen LogP contribution in [0.15, 0.2) is 72.8 Å². The normalized spacial score (nSPS) is 18.3. The van der Waals surface area contributed by atoms with Crippen molar-refractivity contribution in [1.82, 2.24) is 10.2 Å². The van der Waals surface area contributed by atoms with E-state index in [2.05, 4.69) is 28.4 Å².